The first-order valence-electron chi connectivity index (χ1n) is 11.4. The van der Waals surface area contributed by atoms with Crippen LogP contribution < -0.4 is 5.32 Å². The number of nitrogens with one attached hydrogen (secondary N) is 1. The van der Waals surface area contributed by atoms with E-state index in [2.05, 4.69) is 10.4 Å². The van der Waals surface area contributed by atoms with Gasteiger partial charge < -0.3 is 5.32 Å². The number of hydrogen-bond donors (Lipinski definition) is 1. The fourth-order valence-corrected chi connectivity index (χ4v) is 6.42. The van der Waals surface area contributed by atoms with Crippen LogP contribution in [0.25, 0.3) is 22.3 Å². The highest BCUT2D eigenvalue weighted by molar-refractivity contribution is 7.91. The van der Waals surface area contributed by atoms with E-state index < -0.39 is 9.84 Å². The fraction of sp³-hybridized carbons (Fsp3) is 0.269. The first kappa shape index (κ1) is 23.2. The number of aryl methyl sites for hydroxylation is 3. The largest absolute Gasteiger partial charge is 0.322 e. The molecule has 1 fully saturated rings. The number of halogens is 1. The Hall–Kier alpha value is -3.59. The molecule has 35 heavy (non-hydrogen) atoms. The predicted octanol–water partition coefficient (Wildman–Crippen LogP) is 4.77. The van der Waals surface area contributed by atoms with Gasteiger partial charge in [0, 0.05) is 11.3 Å². The summed E-state index contributed by atoms with van der Waals surface area (Å²) in [4.78, 5) is 18.3. The third-order valence-electron chi connectivity index (χ3n) is 6.26. The molecule has 4 aromatic rings. The highest BCUT2D eigenvalue weighted by atomic mass is 32.2. The van der Waals surface area contributed by atoms with E-state index in [4.69, 9.17) is 4.98 Å². The van der Waals surface area contributed by atoms with E-state index >= 15 is 0 Å². The Labute approximate surface area is 202 Å². The van der Waals surface area contributed by atoms with Crippen molar-refractivity contribution < 1.29 is 17.6 Å². The zero-order valence-corrected chi connectivity index (χ0v) is 20.5. The van der Waals surface area contributed by atoms with Crippen molar-refractivity contribution in [2.24, 2.45) is 0 Å². The van der Waals surface area contributed by atoms with E-state index in [1.807, 2.05) is 32.0 Å². The van der Waals surface area contributed by atoms with Gasteiger partial charge in [-0.15, -0.1) is 0 Å². The van der Waals surface area contributed by atoms with E-state index in [-0.39, 0.29) is 29.3 Å². The lowest BCUT2D eigenvalue weighted by atomic mass is 10.0. The molecule has 1 amide bonds. The number of carbonyl (C=O) groups is 1. The third-order valence-corrected chi connectivity index (χ3v) is 8.01. The van der Waals surface area contributed by atoms with Crippen LogP contribution in [-0.2, 0) is 9.84 Å². The van der Waals surface area contributed by atoms with Crippen molar-refractivity contribution in [1.29, 1.82) is 0 Å². The Bertz CT molecular complexity index is 1560. The Kier molecular flexibility index (Phi) is 5.67. The Balaban J connectivity index is 1.68. The highest BCUT2D eigenvalue weighted by Gasteiger charge is 2.32. The van der Waals surface area contributed by atoms with Crippen LogP contribution in [0, 0.1) is 26.6 Å². The summed E-state index contributed by atoms with van der Waals surface area (Å²) < 4.78 is 39.5. The average Bonchev–Trinajstić information content (AvgIpc) is 3.31. The number of anilines is 1. The normalized spacial score (nSPS) is 17.1. The summed E-state index contributed by atoms with van der Waals surface area (Å²) in [6.45, 7) is 5.71. The number of benzene rings is 2. The number of fused-ring (bicyclic) bond motifs is 1. The molecule has 2 aromatic heterocycles. The number of rotatable bonds is 4. The van der Waals surface area contributed by atoms with Crippen molar-refractivity contribution in [3.05, 3.63) is 76.7 Å². The summed E-state index contributed by atoms with van der Waals surface area (Å²) in [5.41, 5.74) is 5.25. The molecule has 0 bridgehead atoms. The Morgan fingerprint density at radius 1 is 1.06 bits per heavy atom. The number of sulfone groups is 1. The van der Waals surface area contributed by atoms with Crippen molar-refractivity contribution in [1.82, 2.24) is 14.8 Å². The zero-order chi connectivity index (χ0) is 24.9. The first-order chi connectivity index (χ1) is 16.6. The van der Waals surface area contributed by atoms with Gasteiger partial charge in [-0.3, -0.25) is 4.79 Å². The molecule has 0 spiro atoms. The molecular weight excluding hydrogens is 467 g/mol. The van der Waals surface area contributed by atoms with Gasteiger partial charge in [0.1, 0.15) is 5.82 Å². The van der Waals surface area contributed by atoms with Crippen LogP contribution in [0.2, 0.25) is 0 Å². The van der Waals surface area contributed by atoms with Crippen LogP contribution in [-0.4, -0.2) is 40.6 Å². The van der Waals surface area contributed by atoms with Gasteiger partial charge in [-0.05, 0) is 80.8 Å². The number of amides is 1. The number of hydrogen-bond acceptors (Lipinski definition) is 5. The molecule has 1 unspecified atom stereocenters. The average molecular weight is 493 g/mol. The van der Waals surface area contributed by atoms with Crippen LogP contribution in [0.1, 0.15) is 39.6 Å². The van der Waals surface area contributed by atoms with Crippen LogP contribution in [0.3, 0.4) is 0 Å². The summed E-state index contributed by atoms with van der Waals surface area (Å²) in [5, 5.41) is 8.16. The van der Waals surface area contributed by atoms with E-state index in [0.29, 0.717) is 45.7 Å². The highest BCUT2D eigenvalue weighted by Crippen LogP contribution is 2.32. The smallest absolute Gasteiger partial charge is 0.256 e. The molecule has 1 N–H and O–H groups in total. The summed E-state index contributed by atoms with van der Waals surface area (Å²) in [6.07, 6.45) is 0.436. The Morgan fingerprint density at radius 3 is 2.37 bits per heavy atom. The van der Waals surface area contributed by atoms with Crippen molar-refractivity contribution in [2.45, 2.75) is 33.2 Å². The van der Waals surface area contributed by atoms with E-state index in [9.17, 15) is 17.6 Å². The van der Waals surface area contributed by atoms with Gasteiger partial charge >= 0.3 is 0 Å². The van der Waals surface area contributed by atoms with Gasteiger partial charge in [-0.1, -0.05) is 6.07 Å². The molecule has 1 aliphatic rings. The first-order valence-corrected chi connectivity index (χ1v) is 13.2. The maximum Gasteiger partial charge on any atom is 0.256 e. The zero-order valence-electron chi connectivity index (χ0n) is 19.7. The molecule has 0 radical (unpaired) electrons. The monoisotopic (exact) mass is 492 g/mol. The van der Waals surface area contributed by atoms with E-state index in [1.54, 1.807) is 29.8 Å². The number of nitrogens with zero attached hydrogens (tertiary/aromatic N) is 3. The minimum Gasteiger partial charge on any atom is -0.322 e. The van der Waals surface area contributed by atoms with Crippen molar-refractivity contribution in [3.8, 4) is 11.3 Å². The second kappa shape index (κ2) is 8.57. The van der Waals surface area contributed by atoms with Crippen LogP contribution in [0.4, 0.5) is 10.1 Å². The molecule has 2 aromatic carbocycles. The lowest BCUT2D eigenvalue weighted by Gasteiger charge is -2.13. The molecule has 5 rings (SSSR count). The van der Waals surface area contributed by atoms with Crippen molar-refractivity contribution in [3.63, 3.8) is 0 Å². The molecule has 1 atom stereocenters. The Morgan fingerprint density at radius 2 is 1.74 bits per heavy atom. The van der Waals surface area contributed by atoms with Gasteiger partial charge in [-0.25, -0.2) is 22.5 Å². The topological polar surface area (TPSA) is 93.9 Å². The summed E-state index contributed by atoms with van der Waals surface area (Å²) >= 11 is 0. The minimum atomic E-state index is -3.15. The number of carbonyl (C=O) groups excluding carboxylic acids is 1. The van der Waals surface area contributed by atoms with Crippen molar-refractivity contribution >= 4 is 32.5 Å². The molecule has 0 saturated carbocycles. The van der Waals surface area contributed by atoms with Gasteiger partial charge in [-0.2, -0.15) is 5.10 Å². The van der Waals surface area contributed by atoms with Gasteiger partial charge in [0.25, 0.3) is 5.91 Å². The van der Waals surface area contributed by atoms with Crippen LogP contribution in [0.15, 0.2) is 48.5 Å². The van der Waals surface area contributed by atoms with Crippen molar-refractivity contribution in [2.75, 3.05) is 16.8 Å². The van der Waals surface area contributed by atoms with E-state index in [0.717, 1.165) is 11.1 Å². The van der Waals surface area contributed by atoms with Crippen LogP contribution >= 0.6 is 0 Å². The quantitative estimate of drug-likeness (QED) is 0.443. The molecule has 180 valence electrons. The molecule has 1 aliphatic heterocycles. The maximum atomic E-state index is 13.6. The molecule has 3 heterocycles. The predicted molar refractivity (Wildman–Crippen MR) is 134 cm³/mol. The number of aromatic nitrogens is 3. The summed E-state index contributed by atoms with van der Waals surface area (Å²) in [7, 11) is -3.15. The van der Waals surface area contributed by atoms with Crippen LogP contribution in [0.5, 0.6) is 0 Å². The fourth-order valence-electron chi connectivity index (χ4n) is 4.73. The summed E-state index contributed by atoms with van der Waals surface area (Å²) in [5.74, 6) is -0.627. The SMILES string of the molecule is Cc1cc(C)cc(NC(=O)c2cc(-c3ccc(F)cc3)nc3c2c(C)nn3C2CCS(=O)(=O)C2)c1. The second-order valence-electron chi connectivity index (χ2n) is 9.18. The summed E-state index contributed by atoms with van der Waals surface area (Å²) in [6, 6.07) is 13.0. The molecule has 1 saturated heterocycles. The van der Waals surface area contributed by atoms with Gasteiger partial charge in [0.15, 0.2) is 15.5 Å². The molecular formula is C26H25FN4O3S. The molecule has 7 nitrogen and oxygen atoms in total. The standard InChI is InChI=1S/C26H25FN4O3S/c1-15-10-16(2)12-20(11-15)28-26(32)22-13-23(18-4-6-19(27)7-5-18)29-25-24(22)17(3)30-31(25)21-8-9-35(33,34)14-21/h4-7,10-13,21H,8-9,14H2,1-3H3,(H,28,32). The molecule has 9 heteroatoms. The molecule has 0 aliphatic carbocycles. The minimum absolute atomic E-state index is 0.0181. The second-order valence-corrected chi connectivity index (χ2v) is 11.4. The number of pyridine rings is 1. The lowest BCUT2D eigenvalue weighted by Crippen LogP contribution is -2.15. The van der Waals surface area contributed by atoms with Gasteiger partial charge in [0.05, 0.1) is 39.9 Å². The van der Waals surface area contributed by atoms with E-state index in [1.165, 1.54) is 12.1 Å². The maximum absolute atomic E-state index is 13.6. The third kappa shape index (κ3) is 4.55. The van der Waals surface area contributed by atoms with Gasteiger partial charge in [0.2, 0.25) is 0 Å². The lowest BCUT2D eigenvalue weighted by molar-refractivity contribution is 0.102.